The molecule has 0 aliphatic rings. The van der Waals surface area contributed by atoms with Crippen molar-refractivity contribution < 1.29 is 19.1 Å². The molecule has 0 unspecified atom stereocenters. The summed E-state index contributed by atoms with van der Waals surface area (Å²) < 4.78 is 10.7. The minimum Gasteiger partial charge on any atom is -0.466 e. The van der Waals surface area contributed by atoms with Crippen molar-refractivity contribution in [2.45, 2.75) is 162 Å². The van der Waals surface area contributed by atoms with Gasteiger partial charge in [0.1, 0.15) is 0 Å². The van der Waals surface area contributed by atoms with Crippen LogP contribution >= 0.6 is 0 Å². The molecule has 0 saturated heterocycles. The van der Waals surface area contributed by atoms with Crippen LogP contribution in [0.4, 0.5) is 0 Å². The first kappa shape index (κ1) is 33.5. The number of ether oxygens (including phenoxy) is 2. The Bertz CT molecular complexity index is 532. The summed E-state index contributed by atoms with van der Waals surface area (Å²) in [4.78, 5) is 23.6. The van der Waals surface area contributed by atoms with Crippen LogP contribution in [-0.4, -0.2) is 25.2 Å². The van der Waals surface area contributed by atoms with Gasteiger partial charge in [0.2, 0.25) is 0 Å². The number of hydrogen-bond donors (Lipinski definition) is 0. The molecule has 0 fully saturated rings. The fraction of sp³-hybridized carbons (Fsp3) is 0.871. The molecule has 0 aromatic heterocycles. The first-order valence-corrected chi connectivity index (χ1v) is 15.0. The molecule has 0 aromatic carbocycles. The van der Waals surface area contributed by atoms with Crippen LogP contribution in [-0.2, 0) is 19.1 Å². The monoisotopic (exact) mass is 492 g/mol. The van der Waals surface area contributed by atoms with Crippen LogP contribution in [0.3, 0.4) is 0 Å². The van der Waals surface area contributed by atoms with Gasteiger partial charge < -0.3 is 9.47 Å². The minimum absolute atomic E-state index is 0.0454. The summed E-state index contributed by atoms with van der Waals surface area (Å²) in [5.74, 6) is 6.20. The molecule has 4 heteroatoms. The van der Waals surface area contributed by atoms with E-state index in [1.165, 1.54) is 64.2 Å². The molecule has 0 rings (SSSR count). The predicted molar refractivity (Wildman–Crippen MR) is 147 cm³/mol. The third-order valence-corrected chi connectivity index (χ3v) is 6.28. The molecular weight excluding hydrogens is 436 g/mol. The molecule has 204 valence electrons. The molecule has 0 aliphatic carbocycles. The van der Waals surface area contributed by atoms with Crippen LogP contribution in [0.1, 0.15) is 162 Å². The number of unbranched alkanes of at least 4 members (excludes halogenated alkanes) is 17. The number of rotatable bonds is 25. The van der Waals surface area contributed by atoms with Crippen molar-refractivity contribution in [2.24, 2.45) is 0 Å². The van der Waals surface area contributed by atoms with E-state index in [0.717, 1.165) is 70.6 Å². The van der Waals surface area contributed by atoms with E-state index in [1.807, 2.05) is 0 Å². The Labute approximate surface area is 217 Å². The van der Waals surface area contributed by atoms with Crippen molar-refractivity contribution in [3.63, 3.8) is 0 Å². The van der Waals surface area contributed by atoms with E-state index in [4.69, 9.17) is 9.47 Å². The van der Waals surface area contributed by atoms with Gasteiger partial charge in [-0.2, -0.15) is 0 Å². The molecule has 0 spiro atoms. The highest BCUT2D eigenvalue weighted by atomic mass is 16.5. The van der Waals surface area contributed by atoms with Crippen LogP contribution in [0.15, 0.2) is 0 Å². The van der Waals surface area contributed by atoms with Crippen molar-refractivity contribution in [3.8, 4) is 11.8 Å². The van der Waals surface area contributed by atoms with Gasteiger partial charge in [0.05, 0.1) is 13.2 Å². The third-order valence-electron chi connectivity index (χ3n) is 6.28. The zero-order chi connectivity index (χ0) is 25.7. The summed E-state index contributed by atoms with van der Waals surface area (Å²) in [6.45, 7) is 5.47. The normalized spacial score (nSPS) is 10.6. The lowest BCUT2D eigenvalue weighted by Crippen LogP contribution is -2.06. The lowest BCUT2D eigenvalue weighted by Gasteiger charge is -2.06. The lowest BCUT2D eigenvalue weighted by atomic mass is 10.1. The maximum atomic E-state index is 11.8. The van der Waals surface area contributed by atoms with Crippen molar-refractivity contribution >= 4 is 11.9 Å². The molecule has 0 amide bonds. The topological polar surface area (TPSA) is 52.6 Å². The SMILES string of the molecule is CCC#CCCCCCCCCOC(=O)CCCCCCCCC(=O)OCCCCCCCCC. The highest BCUT2D eigenvalue weighted by molar-refractivity contribution is 5.69. The molecule has 0 saturated carbocycles. The fourth-order valence-electron chi connectivity index (χ4n) is 4.06. The Balaban J connectivity index is 3.27. The molecule has 0 heterocycles. The van der Waals surface area contributed by atoms with E-state index >= 15 is 0 Å². The predicted octanol–water partition coefficient (Wildman–Crippen LogP) is 9.09. The van der Waals surface area contributed by atoms with Gasteiger partial charge in [0.25, 0.3) is 0 Å². The molecular formula is C31H56O4. The van der Waals surface area contributed by atoms with Gasteiger partial charge in [-0.3, -0.25) is 9.59 Å². The second-order valence-corrected chi connectivity index (χ2v) is 9.76. The van der Waals surface area contributed by atoms with Crippen LogP contribution in [0.25, 0.3) is 0 Å². The van der Waals surface area contributed by atoms with E-state index in [2.05, 4.69) is 25.7 Å². The van der Waals surface area contributed by atoms with Gasteiger partial charge in [-0.15, -0.1) is 11.8 Å². The molecule has 0 bridgehead atoms. The Morgan fingerprint density at radius 3 is 1.34 bits per heavy atom. The second kappa shape index (κ2) is 28.7. The quantitative estimate of drug-likeness (QED) is 0.0724. The smallest absolute Gasteiger partial charge is 0.305 e. The molecule has 0 N–H and O–H groups in total. The van der Waals surface area contributed by atoms with E-state index in [0.29, 0.717) is 26.1 Å². The van der Waals surface area contributed by atoms with Crippen LogP contribution in [0.5, 0.6) is 0 Å². The minimum atomic E-state index is -0.0526. The highest BCUT2D eigenvalue weighted by Gasteiger charge is 2.04. The van der Waals surface area contributed by atoms with Gasteiger partial charge >= 0.3 is 11.9 Å². The zero-order valence-electron chi connectivity index (χ0n) is 23.3. The van der Waals surface area contributed by atoms with Gasteiger partial charge in [0, 0.05) is 25.7 Å². The van der Waals surface area contributed by atoms with Gasteiger partial charge in [-0.05, 0) is 32.1 Å². The summed E-state index contributed by atoms with van der Waals surface area (Å²) >= 11 is 0. The van der Waals surface area contributed by atoms with Crippen molar-refractivity contribution in [2.75, 3.05) is 13.2 Å². The zero-order valence-corrected chi connectivity index (χ0v) is 23.3. The van der Waals surface area contributed by atoms with Crippen molar-refractivity contribution in [1.82, 2.24) is 0 Å². The third kappa shape index (κ3) is 28.6. The van der Waals surface area contributed by atoms with Crippen LogP contribution in [0, 0.1) is 11.8 Å². The fourth-order valence-corrected chi connectivity index (χ4v) is 4.06. The number of carbonyl (C=O) groups is 2. The summed E-state index contributed by atoms with van der Waals surface area (Å²) in [6, 6.07) is 0. The summed E-state index contributed by atoms with van der Waals surface area (Å²) in [7, 11) is 0. The van der Waals surface area contributed by atoms with E-state index in [-0.39, 0.29) is 11.9 Å². The van der Waals surface area contributed by atoms with Gasteiger partial charge in [-0.25, -0.2) is 0 Å². The molecule has 0 aromatic rings. The second-order valence-electron chi connectivity index (χ2n) is 9.76. The lowest BCUT2D eigenvalue weighted by molar-refractivity contribution is -0.144. The average molecular weight is 493 g/mol. The van der Waals surface area contributed by atoms with E-state index < -0.39 is 0 Å². The molecule has 35 heavy (non-hydrogen) atoms. The Kier molecular flexibility index (Phi) is 27.5. The molecule has 0 aliphatic heterocycles. The largest absolute Gasteiger partial charge is 0.466 e. The first-order valence-electron chi connectivity index (χ1n) is 15.0. The Morgan fingerprint density at radius 1 is 0.486 bits per heavy atom. The molecule has 0 radical (unpaired) electrons. The summed E-state index contributed by atoms with van der Waals surface area (Å²) in [6.07, 6.45) is 24.9. The van der Waals surface area contributed by atoms with E-state index in [1.54, 1.807) is 0 Å². The van der Waals surface area contributed by atoms with Gasteiger partial charge in [0.15, 0.2) is 0 Å². The maximum Gasteiger partial charge on any atom is 0.305 e. The maximum absolute atomic E-state index is 11.8. The molecule has 4 nitrogen and oxygen atoms in total. The van der Waals surface area contributed by atoms with Crippen molar-refractivity contribution in [1.29, 1.82) is 0 Å². The van der Waals surface area contributed by atoms with E-state index in [9.17, 15) is 9.59 Å². The highest BCUT2D eigenvalue weighted by Crippen LogP contribution is 2.11. The average Bonchev–Trinajstić information content (AvgIpc) is 2.85. The Morgan fingerprint density at radius 2 is 0.886 bits per heavy atom. The summed E-state index contributed by atoms with van der Waals surface area (Å²) in [5, 5.41) is 0. The first-order chi connectivity index (χ1) is 17.2. The Hall–Kier alpha value is -1.50. The number of carbonyl (C=O) groups excluding carboxylic acids is 2. The van der Waals surface area contributed by atoms with Gasteiger partial charge in [-0.1, -0.05) is 104 Å². The molecule has 0 atom stereocenters. The van der Waals surface area contributed by atoms with Crippen LogP contribution < -0.4 is 0 Å². The van der Waals surface area contributed by atoms with Crippen molar-refractivity contribution in [3.05, 3.63) is 0 Å². The summed E-state index contributed by atoms with van der Waals surface area (Å²) in [5.41, 5.74) is 0. The van der Waals surface area contributed by atoms with Crippen LogP contribution in [0.2, 0.25) is 0 Å². The number of hydrogen-bond acceptors (Lipinski definition) is 4. The standard InChI is InChI=1S/C31H56O4/c1-3-5-7-9-11-12-13-17-21-25-29-35-31(33)27-23-19-15-14-18-22-26-30(32)34-28-24-20-16-10-8-6-4-2/h3-4,6,8-29H2,1-2H3. The number of esters is 2.